The van der Waals surface area contributed by atoms with E-state index in [4.69, 9.17) is 11.6 Å². The molecule has 0 spiro atoms. The molecule has 1 nitrogen and oxygen atoms in total. The van der Waals surface area contributed by atoms with Crippen molar-refractivity contribution >= 4 is 45.0 Å². The van der Waals surface area contributed by atoms with E-state index in [9.17, 15) is 0 Å². The molecule has 0 aliphatic rings. The molecule has 3 aromatic rings. The van der Waals surface area contributed by atoms with Crippen LogP contribution < -0.4 is 5.32 Å². The van der Waals surface area contributed by atoms with E-state index in [1.165, 1.54) is 20.1 Å². The summed E-state index contributed by atoms with van der Waals surface area (Å²) in [4.78, 5) is 0. The van der Waals surface area contributed by atoms with Crippen LogP contribution in [0.3, 0.4) is 0 Å². The molecule has 3 aromatic carbocycles. The lowest BCUT2D eigenvalue weighted by Gasteiger charge is -2.21. The van der Waals surface area contributed by atoms with Crippen LogP contribution in [-0.2, 0) is 0 Å². The summed E-state index contributed by atoms with van der Waals surface area (Å²) < 4.78 is 1.26. The zero-order chi connectivity index (χ0) is 14.8. The van der Waals surface area contributed by atoms with Gasteiger partial charge in [-0.1, -0.05) is 60.1 Å². The van der Waals surface area contributed by atoms with Gasteiger partial charge in [-0.05, 0) is 58.3 Å². The highest BCUT2D eigenvalue weighted by atomic mass is 127. The van der Waals surface area contributed by atoms with Gasteiger partial charge < -0.3 is 5.32 Å². The highest BCUT2D eigenvalue weighted by molar-refractivity contribution is 14.1. The highest BCUT2D eigenvalue weighted by Crippen LogP contribution is 2.34. The van der Waals surface area contributed by atoms with Gasteiger partial charge in [0.15, 0.2) is 0 Å². The molecule has 0 radical (unpaired) electrons. The maximum absolute atomic E-state index is 6.33. The molecule has 0 saturated heterocycles. The number of hydrogen-bond acceptors (Lipinski definition) is 1. The molecule has 0 fully saturated rings. The summed E-state index contributed by atoms with van der Waals surface area (Å²) in [6.07, 6.45) is 0. The second kappa shape index (κ2) is 6.34. The van der Waals surface area contributed by atoms with E-state index in [-0.39, 0.29) is 6.04 Å². The molecule has 21 heavy (non-hydrogen) atoms. The first kappa shape index (κ1) is 14.8. The Hall–Kier alpha value is -1.10. The van der Waals surface area contributed by atoms with E-state index < -0.39 is 0 Å². The summed E-state index contributed by atoms with van der Waals surface area (Å²) >= 11 is 8.72. The van der Waals surface area contributed by atoms with E-state index in [1.807, 2.05) is 19.2 Å². The lowest BCUT2D eigenvalue weighted by atomic mass is 9.94. The zero-order valence-electron chi connectivity index (χ0n) is 11.6. The highest BCUT2D eigenvalue weighted by Gasteiger charge is 2.17. The summed E-state index contributed by atoms with van der Waals surface area (Å²) in [7, 11) is 2.00. The van der Waals surface area contributed by atoms with Crippen molar-refractivity contribution in [2.45, 2.75) is 6.04 Å². The molecule has 106 valence electrons. The molecule has 1 N–H and O–H groups in total. The Morgan fingerprint density at radius 1 is 0.857 bits per heavy atom. The minimum atomic E-state index is 0.153. The minimum absolute atomic E-state index is 0.153. The van der Waals surface area contributed by atoms with Crippen molar-refractivity contribution < 1.29 is 0 Å². The summed E-state index contributed by atoms with van der Waals surface area (Å²) in [5.41, 5.74) is 2.54. The van der Waals surface area contributed by atoms with Crippen LogP contribution in [0.2, 0.25) is 5.02 Å². The molecule has 3 heteroatoms. The fraction of sp³-hybridized carbons (Fsp3) is 0.111. The minimum Gasteiger partial charge on any atom is -0.309 e. The predicted octanol–water partition coefficient (Wildman–Crippen LogP) is 5.41. The molecule has 1 atom stereocenters. The van der Waals surface area contributed by atoms with E-state index in [2.05, 4.69) is 76.4 Å². The van der Waals surface area contributed by atoms with Gasteiger partial charge in [-0.3, -0.25) is 0 Å². The monoisotopic (exact) mass is 407 g/mol. The Morgan fingerprint density at radius 3 is 2.24 bits per heavy atom. The fourth-order valence-electron chi connectivity index (χ4n) is 2.73. The summed E-state index contributed by atoms with van der Waals surface area (Å²) in [6.45, 7) is 0. The lowest BCUT2D eigenvalue weighted by molar-refractivity contribution is 0.693. The number of benzene rings is 3. The van der Waals surface area contributed by atoms with Gasteiger partial charge in [-0.15, -0.1) is 0 Å². The molecular weight excluding hydrogens is 393 g/mol. The van der Waals surface area contributed by atoms with E-state index in [1.54, 1.807) is 0 Å². The van der Waals surface area contributed by atoms with Crippen molar-refractivity contribution in [2.24, 2.45) is 0 Å². The molecule has 0 bridgehead atoms. The maximum atomic E-state index is 6.33. The zero-order valence-corrected chi connectivity index (χ0v) is 14.5. The number of fused-ring (bicyclic) bond motifs is 1. The van der Waals surface area contributed by atoms with Gasteiger partial charge in [-0.25, -0.2) is 0 Å². The van der Waals surface area contributed by atoms with Gasteiger partial charge in [0.05, 0.1) is 6.04 Å². The Kier molecular flexibility index (Phi) is 4.48. The van der Waals surface area contributed by atoms with Crippen molar-refractivity contribution in [2.75, 3.05) is 7.05 Å². The second-order valence-electron chi connectivity index (χ2n) is 4.93. The third-order valence-corrected chi connectivity index (χ3v) is 5.03. The second-order valence-corrected chi connectivity index (χ2v) is 6.49. The quantitative estimate of drug-likeness (QED) is 0.573. The Balaban J connectivity index is 2.23. The van der Waals surface area contributed by atoms with Crippen molar-refractivity contribution in [3.05, 3.63) is 80.4 Å². The third-order valence-electron chi connectivity index (χ3n) is 3.72. The van der Waals surface area contributed by atoms with Gasteiger partial charge in [0, 0.05) is 14.0 Å². The normalized spacial score (nSPS) is 12.5. The SMILES string of the molecule is CNC(c1ccccc1I)c1ccc(Cl)c2ccccc12. The molecule has 0 aromatic heterocycles. The molecule has 0 aliphatic heterocycles. The average Bonchev–Trinajstić information content (AvgIpc) is 2.52. The summed E-state index contributed by atoms with van der Waals surface area (Å²) in [5.74, 6) is 0. The molecular formula is C18H15ClIN. The summed E-state index contributed by atoms with van der Waals surface area (Å²) in [6, 6.07) is 21.0. The van der Waals surface area contributed by atoms with Crippen LogP contribution >= 0.6 is 34.2 Å². The maximum Gasteiger partial charge on any atom is 0.0590 e. The summed E-state index contributed by atoms with van der Waals surface area (Å²) in [5, 5.41) is 6.54. The number of rotatable bonds is 3. The third kappa shape index (κ3) is 2.80. The van der Waals surface area contributed by atoms with Gasteiger partial charge in [-0.2, -0.15) is 0 Å². The molecule has 0 amide bonds. The van der Waals surface area contributed by atoms with Crippen LogP contribution in [0.15, 0.2) is 60.7 Å². The largest absolute Gasteiger partial charge is 0.309 e. The van der Waals surface area contributed by atoms with Crippen molar-refractivity contribution in [3.63, 3.8) is 0 Å². The van der Waals surface area contributed by atoms with E-state index in [0.717, 1.165) is 10.4 Å². The first-order valence-electron chi connectivity index (χ1n) is 6.81. The van der Waals surface area contributed by atoms with Gasteiger partial charge in [0.2, 0.25) is 0 Å². The molecule has 0 heterocycles. The van der Waals surface area contributed by atoms with Crippen molar-refractivity contribution in [3.8, 4) is 0 Å². The molecule has 0 aliphatic carbocycles. The molecule has 0 saturated carbocycles. The smallest absolute Gasteiger partial charge is 0.0590 e. The van der Waals surface area contributed by atoms with Crippen LogP contribution in [0.1, 0.15) is 17.2 Å². The van der Waals surface area contributed by atoms with Crippen LogP contribution in [0.5, 0.6) is 0 Å². The van der Waals surface area contributed by atoms with Crippen LogP contribution in [-0.4, -0.2) is 7.05 Å². The fourth-order valence-corrected chi connectivity index (χ4v) is 3.65. The Bertz CT molecular complexity index is 785. The Labute approximate surface area is 143 Å². The van der Waals surface area contributed by atoms with Crippen LogP contribution in [0, 0.1) is 3.57 Å². The molecule has 3 rings (SSSR count). The van der Waals surface area contributed by atoms with Crippen molar-refractivity contribution in [1.82, 2.24) is 5.32 Å². The lowest BCUT2D eigenvalue weighted by Crippen LogP contribution is -2.19. The van der Waals surface area contributed by atoms with E-state index >= 15 is 0 Å². The number of nitrogens with one attached hydrogen (secondary N) is 1. The van der Waals surface area contributed by atoms with Gasteiger partial charge in [0.25, 0.3) is 0 Å². The van der Waals surface area contributed by atoms with Crippen LogP contribution in [0.25, 0.3) is 10.8 Å². The average molecular weight is 408 g/mol. The standard InChI is InChI=1S/C18H15ClIN/c1-21-18(15-8-4-5-9-17(15)20)14-10-11-16(19)13-7-3-2-6-12(13)14/h2-11,18,21H,1H3. The molecule has 1 unspecified atom stereocenters. The van der Waals surface area contributed by atoms with Gasteiger partial charge in [0.1, 0.15) is 0 Å². The van der Waals surface area contributed by atoms with Crippen LogP contribution in [0.4, 0.5) is 0 Å². The van der Waals surface area contributed by atoms with Crippen molar-refractivity contribution in [1.29, 1.82) is 0 Å². The predicted molar refractivity (Wildman–Crippen MR) is 99.0 cm³/mol. The first-order chi connectivity index (χ1) is 10.2. The van der Waals surface area contributed by atoms with E-state index in [0.29, 0.717) is 0 Å². The van der Waals surface area contributed by atoms with Gasteiger partial charge >= 0.3 is 0 Å². The first-order valence-corrected chi connectivity index (χ1v) is 8.27. The topological polar surface area (TPSA) is 12.0 Å². The number of halogens is 2. The Morgan fingerprint density at radius 2 is 1.52 bits per heavy atom. The number of hydrogen-bond donors (Lipinski definition) is 1.